The normalized spacial score (nSPS) is 10.8. The number of fused-ring (bicyclic) bond motifs is 1. The van der Waals surface area contributed by atoms with Gasteiger partial charge in [-0.3, -0.25) is 9.20 Å². The Bertz CT molecular complexity index is 824. The van der Waals surface area contributed by atoms with Crippen LogP contribution in [0.15, 0.2) is 36.7 Å². The van der Waals surface area contributed by atoms with Crippen LogP contribution in [0, 0.1) is 13.8 Å². The van der Waals surface area contributed by atoms with Gasteiger partial charge in [0, 0.05) is 12.4 Å². The zero-order valence-electron chi connectivity index (χ0n) is 11.6. The number of halogens is 1. The monoisotopic (exact) mass is 300 g/mol. The first-order valence-electron chi connectivity index (χ1n) is 6.43. The number of amides is 1. The van der Waals surface area contributed by atoms with Crippen molar-refractivity contribution in [1.29, 1.82) is 0 Å². The number of hydrogen-bond acceptors (Lipinski definition) is 3. The molecule has 21 heavy (non-hydrogen) atoms. The Hall–Kier alpha value is -2.40. The summed E-state index contributed by atoms with van der Waals surface area (Å²) in [5.41, 5.74) is 2.81. The van der Waals surface area contributed by atoms with Crippen LogP contribution in [0.3, 0.4) is 0 Å². The number of nitrogens with zero attached hydrogens (tertiary/aromatic N) is 3. The predicted molar refractivity (Wildman–Crippen MR) is 81.9 cm³/mol. The van der Waals surface area contributed by atoms with Crippen molar-refractivity contribution in [1.82, 2.24) is 14.4 Å². The van der Waals surface area contributed by atoms with Gasteiger partial charge in [0.15, 0.2) is 0 Å². The Morgan fingerprint density at radius 1 is 1.24 bits per heavy atom. The lowest BCUT2D eigenvalue weighted by molar-refractivity contribution is 0.102. The van der Waals surface area contributed by atoms with Crippen LogP contribution < -0.4 is 5.32 Å². The molecule has 3 heterocycles. The molecule has 0 fully saturated rings. The highest BCUT2D eigenvalue weighted by atomic mass is 35.5. The largest absolute Gasteiger partial charge is 0.305 e. The molecular formula is C15H13ClN4O. The van der Waals surface area contributed by atoms with Crippen molar-refractivity contribution < 1.29 is 4.79 Å². The molecule has 3 aromatic rings. The van der Waals surface area contributed by atoms with Crippen molar-refractivity contribution in [2.75, 3.05) is 5.32 Å². The number of pyridine rings is 2. The van der Waals surface area contributed by atoms with Crippen LogP contribution in [0.5, 0.6) is 0 Å². The van der Waals surface area contributed by atoms with E-state index in [4.69, 9.17) is 11.6 Å². The first-order chi connectivity index (χ1) is 10.0. The number of rotatable bonds is 2. The zero-order chi connectivity index (χ0) is 15.0. The van der Waals surface area contributed by atoms with E-state index in [-0.39, 0.29) is 5.91 Å². The van der Waals surface area contributed by atoms with Gasteiger partial charge in [0.25, 0.3) is 5.91 Å². The van der Waals surface area contributed by atoms with Gasteiger partial charge in [-0.05, 0) is 37.6 Å². The number of carbonyl (C=O) groups excluding carboxylic acids is 1. The molecule has 5 nitrogen and oxygen atoms in total. The van der Waals surface area contributed by atoms with Gasteiger partial charge in [0.2, 0.25) is 0 Å². The van der Waals surface area contributed by atoms with Gasteiger partial charge in [0.05, 0.1) is 10.7 Å². The zero-order valence-corrected chi connectivity index (χ0v) is 12.3. The van der Waals surface area contributed by atoms with Gasteiger partial charge in [-0.15, -0.1) is 0 Å². The second kappa shape index (κ2) is 5.18. The quantitative estimate of drug-likeness (QED) is 0.790. The van der Waals surface area contributed by atoms with E-state index >= 15 is 0 Å². The molecule has 0 spiro atoms. The molecule has 0 saturated heterocycles. The molecule has 3 rings (SSSR count). The maximum atomic E-state index is 12.5. The van der Waals surface area contributed by atoms with E-state index in [1.807, 2.05) is 13.0 Å². The van der Waals surface area contributed by atoms with Gasteiger partial charge in [0.1, 0.15) is 17.2 Å². The molecule has 1 N–H and O–H groups in total. The Morgan fingerprint density at radius 2 is 2.05 bits per heavy atom. The fraction of sp³-hybridized carbons (Fsp3) is 0.133. The molecule has 0 aliphatic carbocycles. The highest BCUT2D eigenvalue weighted by molar-refractivity contribution is 6.30. The van der Waals surface area contributed by atoms with Crippen molar-refractivity contribution in [3.8, 4) is 0 Å². The highest BCUT2D eigenvalue weighted by Crippen LogP contribution is 2.17. The molecule has 1 amide bonds. The first-order valence-corrected chi connectivity index (χ1v) is 6.80. The fourth-order valence-electron chi connectivity index (χ4n) is 2.13. The maximum Gasteiger partial charge on any atom is 0.275 e. The Morgan fingerprint density at radius 3 is 2.76 bits per heavy atom. The lowest BCUT2D eigenvalue weighted by Crippen LogP contribution is -2.16. The molecule has 0 aliphatic rings. The average molecular weight is 301 g/mol. The minimum Gasteiger partial charge on any atom is -0.305 e. The summed E-state index contributed by atoms with van der Waals surface area (Å²) in [4.78, 5) is 21.0. The number of nitrogens with one attached hydrogen (secondary N) is 1. The molecule has 0 bridgehead atoms. The van der Waals surface area contributed by atoms with Gasteiger partial charge >= 0.3 is 0 Å². The average Bonchev–Trinajstić information content (AvgIpc) is 2.76. The van der Waals surface area contributed by atoms with Crippen LogP contribution in [0.4, 0.5) is 5.82 Å². The number of imidazole rings is 1. The van der Waals surface area contributed by atoms with Crippen LogP contribution in [-0.2, 0) is 0 Å². The standard InChI is InChI=1S/C15H13ClN4O/c1-9-3-5-12(17-7-9)19-15(21)14-10(2)18-13-6-4-11(16)8-20(13)14/h3-8H,1-2H3,(H,17,19,21). The molecule has 3 aromatic heterocycles. The summed E-state index contributed by atoms with van der Waals surface area (Å²) in [5.74, 6) is 0.237. The lowest BCUT2D eigenvalue weighted by atomic mass is 10.3. The van der Waals surface area contributed by atoms with Crippen molar-refractivity contribution in [3.05, 3.63) is 58.6 Å². The summed E-state index contributed by atoms with van der Waals surface area (Å²) in [5, 5.41) is 3.31. The van der Waals surface area contributed by atoms with E-state index < -0.39 is 0 Å². The molecule has 106 valence electrons. The van der Waals surface area contributed by atoms with Gasteiger partial charge in [-0.2, -0.15) is 0 Å². The van der Waals surface area contributed by atoms with Crippen molar-refractivity contribution in [3.63, 3.8) is 0 Å². The maximum absolute atomic E-state index is 12.5. The van der Waals surface area contributed by atoms with Crippen LogP contribution >= 0.6 is 11.6 Å². The number of aromatic nitrogens is 3. The summed E-state index contributed by atoms with van der Waals surface area (Å²) in [6, 6.07) is 7.17. The van der Waals surface area contributed by atoms with Gasteiger partial charge in [-0.1, -0.05) is 17.7 Å². The van der Waals surface area contributed by atoms with Crippen LogP contribution in [0.25, 0.3) is 5.65 Å². The fourth-order valence-corrected chi connectivity index (χ4v) is 2.29. The second-order valence-corrected chi connectivity index (χ2v) is 5.23. The Balaban J connectivity index is 1.99. The predicted octanol–water partition coefficient (Wildman–Crippen LogP) is 3.25. The molecule has 6 heteroatoms. The van der Waals surface area contributed by atoms with Crippen molar-refractivity contribution in [2.45, 2.75) is 13.8 Å². The van der Waals surface area contributed by atoms with Crippen molar-refractivity contribution >= 4 is 29.0 Å². The minimum atomic E-state index is -0.265. The Kier molecular flexibility index (Phi) is 3.35. The second-order valence-electron chi connectivity index (χ2n) is 4.80. The topological polar surface area (TPSA) is 59.3 Å². The molecule has 0 radical (unpaired) electrons. The first kappa shape index (κ1) is 13.6. The van der Waals surface area contributed by atoms with Crippen LogP contribution in [0.1, 0.15) is 21.7 Å². The number of anilines is 1. The SMILES string of the molecule is Cc1ccc(NC(=O)c2c(C)nc3ccc(Cl)cn23)nc1. The molecular weight excluding hydrogens is 288 g/mol. The van der Waals surface area contributed by atoms with Crippen LogP contribution in [0.2, 0.25) is 5.02 Å². The van der Waals surface area contributed by atoms with Gasteiger partial charge in [-0.25, -0.2) is 9.97 Å². The third kappa shape index (κ3) is 2.60. The molecule has 0 aromatic carbocycles. The van der Waals surface area contributed by atoms with E-state index in [2.05, 4.69) is 15.3 Å². The third-order valence-electron chi connectivity index (χ3n) is 3.12. The van der Waals surface area contributed by atoms with E-state index in [0.29, 0.717) is 27.9 Å². The third-order valence-corrected chi connectivity index (χ3v) is 3.35. The van der Waals surface area contributed by atoms with Gasteiger partial charge < -0.3 is 5.32 Å². The smallest absolute Gasteiger partial charge is 0.275 e. The van der Waals surface area contributed by atoms with E-state index in [9.17, 15) is 4.79 Å². The summed E-state index contributed by atoms with van der Waals surface area (Å²) in [6.07, 6.45) is 3.38. The minimum absolute atomic E-state index is 0.265. The summed E-state index contributed by atoms with van der Waals surface area (Å²) >= 11 is 5.99. The number of hydrogen-bond donors (Lipinski definition) is 1. The molecule has 0 atom stereocenters. The van der Waals surface area contributed by atoms with Crippen LogP contribution in [-0.4, -0.2) is 20.3 Å². The number of aryl methyl sites for hydroxylation is 2. The van der Waals surface area contributed by atoms with Crippen molar-refractivity contribution in [2.24, 2.45) is 0 Å². The van der Waals surface area contributed by atoms with E-state index in [1.54, 1.807) is 41.9 Å². The summed E-state index contributed by atoms with van der Waals surface area (Å²) in [6.45, 7) is 3.73. The highest BCUT2D eigenvalue weighted by Gasteiger charge is 2.17. The molecule has 0 unspecified atom stereocenters. The molecule has 0 saturated carbocycles. The van der Waals surface area contributed by atoms with E-state index in [0.717, 1.165) is 5.56 Å². The summed E-state index contributed by atoms with van der Waals surface area (Å²) in [7, 11) is 0. The molecule has 0 aliphatic heterocycles. The lowest BCUT2D eigenvalue weighted by Gasteiger charge is -2.05. The number of carbonyl (C=O) groups is 1. The van der Waals surface area contributed by atoms with E-state index in [1.165, 1.54) is 0 Å². The Labute approximate surface area is 126 Å². The summed E-state index contributed by atoms with van der Waals surface area (Å²) < 4.78 is 1.68.